The SMILES string of the molecule is COC(=O)N(Cc1cc(C(F)(F)F)cc(C(F)(F)F)c1)Cc1cc(C(F)(F)F)ccc1-c1cc(C)c(C)cc1C. The zero-order valence-electron chi connectivity index (χ0n) is 21.7. The first-order chi connectivity index (χ1) is 18.3. The Labute approximate surface area is 224 Å². The van der Waals surface area contributed by atoms with Gasteiger partial charge in [-0.1, -0.05) is 18.2 Å². The van der Waals surface area contributed by atoms with Gasteiger partial charge in [0.05, 0.1) is 23.8 Å². The van der Waals surface area contributed by atoms with E-state index in [9.17, 15) is 44.3 Å². The summed E-state index contributed by atoms with van der Waals surface area (Å²) in [6, 6.07) is 7.30. The molecule has 12 heteroatoms. The minimum atomic E-state index is -5.12. The quantitative estimate of drug-likeness (QED) is 0.283. The molecule has 0 radical (unpaired) electrons. The van der Waals surface area contributed by atoms with Gasteiger partial charge in [-0.3, -0.25) is 4.90 Å². The van der Waals surface area contributed by atoms with Gasteiger partial charge in [0.25, 0.3) is 0 Å². The summed E-state index contributed by atoms with van der Waals surface area (Å²) in [7, 11) is 0.934. The van der Waals surface area contributed by atoms with E-state index >= 15 is 0 Å². The van der Waals surface area contributed by atoms with Crippen molar-refractivity contribution in [3.8, 4) is 11.1 Å². The van der Waals surface area contributed by atoms with Crippen LogP contribution in [-0.4, -0.2) is 18.1 Å². The number of alkyl halides is 9. The monoisotopic (exact) mass is 577 g/mol. The van der Waals surface area contributed by atoms with E-state index in [0.717, 1.165) is 35.3 Å². The standard InChI is InChI=1S/C28H24F9NO2/c1-15-7-17(3)24(8-16(15)2)23-6-5-20(26(29,30)31)11-19(23)14-38(25(39)40-4)13-18-9-21(27(32,33)34)12-22(10-18)28(35,36)37/h5-12H,13-14H2,1-4H3. The zero-order valence-corrected chi connectivity index (χ0v) is 21.7. The van der Waals surface area contributed by atoms with Crippen LogP contribution in [0, 0.1) is 20.8 Å². The van der Waals surface area contributed by atoms with Crippen LogP contribution in [0.15, 0.2) is 48.5 Å². The number of rotatable bonds is 5. The number of aryl methyl sites for hydroxylation is 3. The van der Waals surface area contributed by atoms with Gasteiger partial charge in [0.2, 0.25) is 0 Å². The second kappa shape index (κ2) is 11.1. The Morgan fingerprint density at radius 3 is 1.68 bits per heavy atom. The summed E-state index contributed by atoms with van der Waals surface area (Å²) < 4.78 is 126. The largest absolute Gasteiger partial charge is 0.453 e. The maximum Gasteiger partial charge on any atom is 0.416 e. The Morgan fingerprint density at radius 2 is 1.18 bits per heavy atom. The lowest BCUT2D eigenvalue weighted by atomic mass is 9.91. The molecular formula is C28H24F9NO2. The van der Waals surface area contributed by atoms with Crippen molar-refractivity contribution in [2.75, 3.05) is 7.11 Å². The molecule has 0 saturated heterocycles. The molecule has 40 heavy (non-hydrogen) atoms. The van der Waals surface area contributed by atoms with Gasteiger partial charge in [0, 0.05) is 13.1 Å². The van der Waals surface area contributed by atoms with Crippen LogP contribution in [0.2, 0.25) is 0 Å². The van der Waals surface area contributed by atoms with Gasteiger partial charge in [0.1, 0.15) is 0 Å². The molecule has 0 aliphatic rings. The average molecular weight is 577 g/mol. The molecule has 0 aliphatic heterocycles. The number of hydrogen-bond donors (Lipinski definition) is 0. The molecule has 216 valence electrons. The Morgan fingerprint density at radius 1 is 0.650 bits per heavy atom. The fraction of sp³-hybridized carbons (Fsp3) is 0.321. The molecule has 3 rings (SSSR count). The highest BCUT2D eigenvalue weighted by Crippen LogP contribution is 2.38. The predicted molar refractivity (Wildman–Crippen MR) is 129 cm³/mol. The summed E-state index contributed by atoms with van der Waals surface area (Å²) in [5, 5.41) is 0. The molecule has 0 aliphatic carbocycles. The summed E-state index contributed by atoms with van der Waals surface area (Å²) in [6.45, 7) is 3.98. The van der Waals surface area contributed by atoms with E-state index in [1.165, 1.54) is 6.07 Å². The lowest BCUT2D eigenvalue weighted by Crippen LogP contribution is -2.30. The van der Waals surface area contributed by atoms with E-state index in [0.29, 0.717) is 28.8 Å². The fourth-order valence-electron chi connectivity index (χ4n) is 4.27. The molecule has 3 nitrogen and oxygen atoms in total. The third-order valence-corrected chi connectivity index (χ3v) is 6.38. The highest BCUT2D eigenvalue weighted by atomic mass is 19.4. The van der Waals surface area contributed by atoms with Crippen molar-refractivity contribution in [3.05, 3.63) is 93.0 Å². The van der Waals surface area contributed by atoms with E-state index in [2.05, 4.69) is 4.74 Å². The molecule has 0 saturated carbocycles. The Bertz CT molecular complexity index is 1370. The Balaban J connectivity index is 2.16. The molecule has 3 aromatic carbocycles. The van der Waals surface area contributed by atoms with Gasteiger partial charge in [-0.25, -0.2) is 4.79 Å². The van der Waals surface area contributed by atoms with Crippen LogP contribution >= 0.6 is 0 Å². The number of methoxy groups -OCH3 is 1. The van der Waals surface area contributed by atoms with Crippen LogP contribution in [-0.2, 0) is 36.4 Å². The van der Waals surface area contributed by atoms with E-state index in [-0.39, 0.29) is 11.6 Å². The van der Waals surface area contributed by atoms with E-state index < -0.39 is 60.0 Å². The molecule has 0 N–H and O–H groups in total. The van der Waals surface area contributed by atoms with Gasteiger partial charge in [-0.2, -0.15) is 39.5 Å². The third-order valence-electron chi connectivity index (χ3n) is 6.38. The average Bonchev–Trinajstić information content (AvgIpc) is 2.83. The van der Waals surface area contributed by atoms with Crippen molar-refractivity contribution in [1.29, 1.82) is 0 Å². The lowest BCUT2D eigenvalue weighted by molar-refractivity contribution is -0.143. The number of hydrogen-bond acceptors (Lipinski definition) is 2. The van der Waals surface area contributed by atoms with Crippen LogP contribution in [0.3, 0.4) is 0 Å². The first-order valence-corrected chi connectivity index (χ1v) is 11.7. The third kappa shape index (κ3) is 7.08. The van der Waals surface area contributed by atoms with Crippen molar-refractivity contribution >= 4 is 6.09 Å². The van der Waals surface area contributed by atoms with E-state index in [1.807, 2.05) is 13.0 Å². The molecule has 0 aromatic heterocycles. The number of carbonyl (C=O) groups excluding carboxylic acids is 1. The molecule has 3 aromatic rings. The molecule has 0 bridgehead atoms. The summed E-state index contributed by atoms with van der Waals surface area (Å²) in [5.74, 6) is 0. The van der Waals surface area contributed by atoms with Gasteiger partial charge < -0.3 is 4.74 Å². The second-order valence-corrected chi connectivity index (χ2v) is 9.36. The summed E-state index contributed by atoms with van der Waals surface area (Å²) in [4.78, 5) is 13.4. The smallest absolute Gasteiger partial charge is 0.416 e. The normalized spacial score (nSPS) is 12.4. The zero-order chi connectivity index (χ0) is 30.2. The molecule has 0 unspecified atom stereocenters. The van der Waals surface area contributed by atoms with Gasteiger partial charge in [-0.15, -0.1) is 0 Å². The van der Waals surface area contributed by atoms with Gasteiger partial charge >= 0.3 is 24.6 Å². The lowest BCUT2D eigenvalue weighted by Gasteiger charge is -2.25. The fourth-order valence-corrected chi connectivity index (χ4v) is 4.27. The minimum absolute atomic E-state index is 0.0328. The number of nitrogens with zero attached hydrogens (tertiary/aromatic N) is 1. The van der Waals surface area contributed by atoms with Crippen LogP contribution in [0.5, 0.6) is 0 Å². The Kier molecular flexibility index (Phi) is 8.52. The molecule has 0 fully saturated rings. The van der Waals surface area contributed by atoms with Crippen molar-refractivity contribution < 1.29 is 49.0 Å². The van der Waals surface area contributed by atoms with Crippen LogP contribution in [0.4, 0.5) is 44.3 Å². The van der Waals surface area contributed by atoms with Crippen molar-refractivity contribution in [1.82, 2.24) is 4.90 Å². The second-order valence-electron chi connectivity index (χ2n) is 9.36. The van der Waals surface area contributed by atoms with E-state index in [1.54, 1.807) is 19.9 Å². The molecule has 0 spiro atoms. The van der Waals surface area contributed by atoms with Crippen LogP contribution < -0.4 is 0 Å². The number of benzene rings is 3. The highest BCUT2D eigenvalue weighted by Gasteiger charge is 2.37. The summed E-state index contributed by atoms with van der Waals surface area (Å²) in [5.41, 5.74) is -1.47. The number of carbonyl (C=O) groups is 1. The number of amides is 1. The topological polar surface area (TPSA) is 29.5 Å². The van der Waals surface area contributed by atoms with Crippen LogP contribution in [0.1, 0.15) is 44.5 Å². The first-order valence-electron chi connectivity index (χ1n) is 11.7. The van der Waals surface area contributed by atoms with Crippen molar-refractivity contribution in [2.24, 2.45) is 0 Å². The van der Waals surface area contributed by atoms with Gasteiger partial charge in [-0.05, 0) is 90.0 Å². The maximum absolute atomic E-state index is 13.6. The summed E-state index contributed by atoms with van der Waals surface area (Å²) >= 11 is 0. The molecule has 0 heterocycles. The highest BCUT2D eigenvalue weighted by molar-refractivity contribution is 5.74. The minimum Gasteiger partial charge on any atom is -0.453 e. The predicted octanol–water partition coefficient (Wildman–Crippen LogP) is 9.10. The van der Waals surface area contributed by atoms with E-state index in [4.69, 9.17) is 0 Å². The molecule has 0 atom stereocenters. The number of ether oxygens (including phenoxy) is 1. The first kappa shape index (κ1) is 30.8. The molecular weight excluding hydrogens is 553 g/mol. The van der Waals surface area contributed by atoms with Crippen molar-refractivity contribution in [2.45, 2.75) is 52.4 Å². The van der Waals surface area contributed by atoms with Gasteiger partial charge in [0.15, 0.2) is 0 Å². The van der Waals surface area contributed by atoms with Crippen LogP contribution in [0.25, 0.3) is 11.1 Å². The maximum atomic E-state index is 13.6. The van der Waals surface area contributed by atoms with Crippen molar-refractivity contribution in [3.63, 3.8) is 0 Å². The molecule has 1 amide bonds. The number of halogens is 9. The summed E-state index contributed by atoms with van der Waals surface area (Å²) in [6.07, 6.45) is -16.2. The Hall–Kier alpha value is -3.70.